The molecule has 0 aliphatic carbocycles. The molecule has 17 heavy (non-hydrogen) atoms. The maximum Gasteiger partial charge on any atom is 0.264 e. The van der Waals surface area contributed by atoms with E-state index in [9.17, 15) is 8.42 Å². The zero-order valence-corrected chi connectivity index (χ0v) is 11.3. The highest BCUT2D eigenvalue weighted by Gasteiger charge is 2.03. The molecule has 0 spiro atoms. The van der Waals surface area contributed by atoms with Crippen LogP contribution in [-0.2, 0) is 16.5 Å². The van der Waals surface area contributed by atoms with Crippen molar-refractivity contribution in [2.45, 2.75) is 39.5 Å². The Morgan fingerprint density at radius 1 is 1.06 bits per heavy atom. The van der Waals surface area contributed by atoms with Crippen LogP contribution in [0.1, 0.15) is 36.0 Å². The molecule has 0 bridgehead atoms. The molecule has 0 saturated heterocycles. The normalized spacial score (nSPS) is 11.7. The quantitative estimate of drug-likeness (QED) is 0.629. The lowest BCUT2D eigenvalue weighted by Gasteiger charge is -2.05. The van der Waals surface area contributed by atoms with Crippen LogP contribution in [0.15, 0.2) is 18.2 Å². The van der Waals surface area contributed by atoms with Crippen molar-refractivity contribution in [3.05, 3.63) is 34.9 Å². The Balaban J connectivity index is 2.29. The molecule has 1 N–H and O–H groups in total. The van der Waals surface area contributed by atoms with Gasteiger partial charge in [-0.25, -0.2) is 0 Å². The Morgan fingerprint density at radius 2 is 1.76 bits per heavy atom. The van der Waals surface area contributed by atoms with Gasteiger partial charge in [0.1, 0.15) is 0 Å². The predicted octanol–water partition coefficient (Wildman–Crippen LogP) is 2.90. The molecule has 0 radical (unpaired) electrons. The molecule has 0 aliphatic rings. The van der Waals surface area contributed by atoms with E-state index < -0.39 is 10.1 Å². The van der Waals surface area contributed by atoms with E-state index >= 15 is 0 Å². The van der Waals surface area contributed by atoms with Crippen LogP contribution in [0.3, 0.4) is 0 Å². The van der Waals surface area contributed by atoms with Crippen molar-refractivity contribution in [1.82, 2.24) is 0 Å². The van der Waals surface area contributed by atoms with E-state index in [2.05, 4.69) is 32.0 Å². The van der Waals surface area contributed by atoms with Crippen LogP contribution >= 0.6 is 0 Å². The van der Waals surface area contributed by atoms with Gasteiger partial charge in [-0.05, 0) is 49.8 Å². The summed E-state index contributed by atoms with van der Waals surface area (Å²) in [6.45, 7) is 4.18. The van der Waals surface area contributed by atoms with Gasteiger partial charge >= 0.3 is 0 Å². The molecule has 0 aromatic heterocycles. The zero-order chi connectivity index (χ0) is 12.9. The standard InChI is InChI=1S/C13H20O3S/c1-11-7-8-13(10-12(11)2)6-4-3-5-9-17(14,15)16/h7-8,10H,3-6,9H2,1-2H3,(H,14,15,16). The van der Waals surface area contributed by atoms with Crippen LogP contribution in [0.25, 0.3) is 0 Å². The first-order chi connectivity index (χ1) is 7.88. The molecule has 1 rings (SSSR count). The van der Waals surface area contributed by atoms with Crippen LogP contribution in [0.4, 0.5) is 0 Å². The monoisotopic (exact) mass is 256 g/mol. The molecule has 0 unspecified atom stereocenters. The molecule has 96 valence electrons. The van der Waals surface area contributed by atoms with Gasteiger partial charge in [-0.2, -0.15) is 8.42 Å². The van der Waals surface area contributed by atoms with Crippen LogP contribution in [0, 0.1) is 13.8 Å². The highest BCUT2D eigenvalue weighted by atomic mass is 32.2. The lowest BCUT2D eigenvalue weighted by Crippen LogP contribution is -2.03. The Labute approximate surface area is 104 Å². The second-order valence-corrected chi connectivity index (χ2v) is 6.09. The van der Waals surface area contributed by atoms with Gasteiger partial charge in [0.25, 0.3) is 10.1 Å². The summed E-state index contributed by atoms with van der Waals surface area (Å²) >= 11 is 0. The number of rotatable bonds is 6. The topological polar surface area (TPSA) is 54.4 Å². The maximum absolute atomic E-state index is 10.5. The Bertz CT molecular complexity index is 464. The van der Waals surface area contributed by atoms with Crippen LogP contribution in [0.5, 0.6) is 0 Å². The molecule has 0 amide bonds. The number of hydrogen-bond donors (Lipinski definition) is 1. The van der Waals surface area contributed by atoms with Crippen molar-refractivity contribution >= 4 is 10.1 Å². The highest BCUT2D eigenvalue weighted by molar-refractivity contribution is 7.85. The third kappa shape index (κ3) is 5.84. The minimum Gasteiger partial charge on any atom is -0.286 e. The summed E-state index contributed by atoms with van der Waals surface area (Å²) in [5, 5.41) is 0. The van der Waals surface area contributed by atoms with Gasteiger partial charge in [-0.3, -0.25) is 4.55 Å². The van der Waals surface area contributed by atoms with Crippen molar-refractivity contribution in [2.75, 3.05) is 5.75 Å². The molecular weight excluding hydrogens is 236 g/mol. The fourth-order valence-electron chi connectivity index (χ4n) is 1.75. The summed E-state index contributed by atoms with van der Waals surface area (Å²) in [6.07, 6.45) is 3.28. The minimum absolute atomic E-state index is 0.125. The van der Waals surface area contributed by atoms with E-state index in [1.54, 1.807) is 0 Å². The first-order valence-electron chi connectivity index (χ1n) is 5.90. The van der Waals surface area contributed by atoms with Gasteiger partial charge in [-0.1, -0.05) is 24.6 Å². The lowest BCUT2D eigenvalue weighted by atomic mass is 10.0. The molecule has 3 nitrogen and oxygen atoms in total. The van der Waals surface area contributed by atoms with Crippen molar-refractivity contribution in [3.8, 4) is 0 Å². The predicted molar refractivity (Wildman–Crippen MR) is 69.9 cm³/mol. The largest absolute Gasteiger partial charge is 0.286 e. The van der Waals surface area contributed by atoms with E-state index in [1.165, 1.54) is 16.7 Å². The molecule has 1 aromatic carbocycles. The number of benzene rings is 1. The Hall–Kier alpha value is -0.870. The molecular formula is C13H20O3S. The SMILES string of the molecule is Cc1ccc(CCCCCS(=O)(=O)O)cc1C. The minimum atomic E-state index is -3.78. The van der Waals surface area contributed by atoms with E-state index in [0.29, 0.717) is 6.42 Å². The second kappa shape index (κ2) is 6.17. The van der Waals surface area contributed by atoms with Crippen LogP contribution in [0.2, 0.25) is 0 Å². The van der Waals surface area contributed by atoms with Crippen molar-refractivity contribution in [1.29, 1.82) is 0 Å². The van der Waals surface area contributed by atoms with Gasteiger partial charge in [0.15, 0.2) is 0 Å². The van der Waals surface area contributed by atoms with E-state index in [1.807, 2.05) is 0 Å². The molecule has 4 heteroatoms. The third-order valence-electron chi connectivity index (χ3n) is 2.94. The number of hydrogen-bond acceptors (Lipinski definition) is 2. The number of unbranched alkanes of at least 4 members (excludes halogenated alkanes) is 2. The summed E-state index contributed by atoms with van der Waals surface area (Å²) in [6, 6.07) is 6.41. The first kappa shape index (κ1) is 14.2. The van der Waals surface area contributed by atoms with Crippen molar-refractivity contribution in [2.24, 2.45) is 0 Å². The summed E-state index contributed by atoms with van der Waals surface area (Å²) in [4.78, 5) is 0. The van der Waals surface area contributed by atoms with Crippen molar-refractivity contribution in [3.63, 3.8) is 0 Å². The Morgan fingerprint density at radius 3 is 2.35 bits per heavy atom. The summed E-state index contributed by atoms with van der Waals surface area (Å²) < 4.78 is 29.6. The summed E-state index contributed by atoms with van der Waals surface area (Å²) in [5.41, 5.74) is 3.88. The fraction of sp³-hybridized carbons (Fsp3) is 0.538. The third-order valence-corrected chi connectivity index (χ3v) is 3.74. The number of aryl methyl sites for hydroxylation is 3. The fourth-order valence-corrected chi connectivity index (χ4v) is 2.32. The molecule has 0 saturated carbocycles. The molecule has 1 aromatic rings. The Kier molecular flexibility index (Phi) is 5.15. The van der Waals surface area contributed by atoms with E-state index in [0.717, 1.165) is 19.3 Å². The van der Waals surface area contributed by atoms with Gasteiger partial charge in [0.05, 0.1) is 5.75 Å². The van der Waals surface area contributed by atoms with Gasteiger partial charge in [0.2, 0.25) is 0 Å². The smallest absolute Gasteiger partial charge is 0.264 e. The molecule has 0 aliphatic heterocycles. The summed E-state index contributed by atoms with van der Waals surface area (Å²) in [7, 11) is -3.78. The molecule has 0 fully saturated rings. The molecule has 0 atom stereocenters. The van der Waals surface area contributed by atoms with Gasteiger partial charge < -0.3 is 0 Å². The summed E-state index contributed by atoms with van der Waals surface area (Å²) in [5.74, 6) is -0.125. The van der Waals surface area contributed by atoms with Gasteiger partial charge in [0, 0.05) is 0 Å². The van der Waals surface area contributed by atoms with E-state index in [4.69, 9.17) is 4.55 Å². The molecule has 0 heterocycles. The highest BCUT2D eigenvalue weighted by Crippen LogP contribution is 2.12. The van der Waals surface area contributed by atoms with Crippen LogP contribution in [-0.4, -0.2) is 18.7 Å². The van der Waals surface area contributed by atoms with Gasteiger partial charge in [-0.15, -0.1) is 0 Å². The van der Waals surface area contributed by atoms with E-state index in [-0.39, 0.29) is 5.75 Å². The maximum atomic E-state index is 10.5. The van der Waals surface area contributed by atoms with Crippen molar-refractivity contribution < 1.29 is 13.0 Å². The zero-order valence-electron chi connectivity index (χ0n) is 10.4. The first-order valence-corrected chi connectivity index (χ1v) is 7.51. The van der Waals surface area contributed by atoms with Crippen LogP contribution < -0.4 is 0 Å². The average molecular weight is 256 g/mol. The lowest BCUT2D eigenvalue weighted by molar-refractivity contribution is 0.479. The second-order valence-electron chi connectivity index (χ2n) is 4.52. The average Bonchev–Trinajstić information content (AvgIpc) is 2.21.